The smallest absolute Gasteiger partial charge is 0.204 e. The van der Waals surface area contributed by atoms with Gasteiger partial charge >= 0.3 is 0 Å². The van der Waals surface area contributed by atoms with E-state index in [1.807, 2.05) is 93.9 Å². The van der Waals surface area contributed by atoms with Gasteiger partial charge in [-0.2, -0.15) is 0 Å². The van der Waals surface area contributed by atoms with Crippen molar-refractivity contribution in [3.8, 4) is 0 Å². The number of aryl methyl sites for hydroxylation is 1. The molecule has 36 heavy (non-hydrogen) atoms. The quantitative estimate of drug-likeness (QED) is 0.292. The van der Waals surface area contributed by atoms with Crippen molar-refractivity contribution in [1.82, 2.24) is 9.55 Å². The highest BCUT2D eigenvalue weighted by molar-refractivity contribution is 6.23. The molecule has 0 unspecified atom stereocenters. The number of hydrogen-bond acceptors (Lipinski definition) is 7. The van der Waals surface area contributed by atoms with Gasteiger partial charge in [0.05, 0.1) is 29.1 Å². The zero-order valence-corrected chi connectivity index (χ0v) is 21.4. The van der Waals surface area contributed by atoms with Gasteiger partial charge in [0.1, 0.15) is 0 Å². The SMILES string of the molecule is CC.CN(C)c1ccc(N=C2C=C(Nc3ccc(NCCCn4ccnc4)cc3)C(=O)C=C2N)cc1. The first kappa shape index (κ1) is 26.3. The third-order valence-corrected chi connectivity index (χ3v) is 5.39. The summed E-state index contributed by atoms with van der Waals surface area (Å²) in [5, 5.41) is 6.60. The van der Waals surface area contributed by atoms with E-state index in [9.17, 15) is 4.79 Å². The molecule has 0 aliphatic heterocycles. The van der Waals surface area contributed by atoms with E-state index in [2.05, 4.69) is 25.2 Å². The maximum Gasteiger partial charge on any atom is 0.204 e. The van der Waals surface area contributed by atoms with Crippen LogP contribution >= 0.6 is 0 Å². The van der Waals surface area contributed by atoms with Crippen molar-refractivity contribution in [3.63, 3.8) is 0 Å². The largest absolute Gasteiger partial charge is 0.397 e. The van der Waals surface area contributed by atoms with E-state index in [-0.39, 0.29) is 5.78 Å². The molecule has 0 bridgehead atoms. The Morgan fingerprint density at radius 2 is 1.69 bits per heavy atom. The second kappa shape index (κ2) is 12.9. The van der Waals surface area contributed by atoms with Crippen LogP contribution in [-0.2, 0) is 11.3 Å². The standard InChI is InChI=1S/C26H29N7O.C2H6/c1-32(2)22-10-8-21(9-11-22)30-24-17-25(26(34)16-23(24)27)31-20-6-4-19(5-7-20)29-12-3-14-33-15-13-28-18-33;1-2/h4-11,13,15-18,29,31H,3,12,14,27H2,1-2H3;1-2H3. The van der Waals surface area contributed by atoms with E-state index in [0.29, 0.717) is 17.1 Å². The number of nitrogens with one attached hydrogen (secondary N) is 2. The highest BCUT2D eigenvalue weighted by Gasteiger charge is 2.17. The number of aromatic nitrogens is 2. The molecule has 0 amide bonds. The lowest BCUT2D eigenvalue weighted by Crippen LogP contribution is -2.22. The summed E-state index contributed by atoms with van der Waals surface area (Å²) in [6.45, 7) is 5.78. The Morgan fingerprint density at radius 1 is 1.00 bits per heavy atom. The highest BCUT2D eigenvalue weighted by atomic mass is 16.1. The van der Waals surface area contributed by atoms with Gasteiger partial charge in [0, 0.05) is 62.7 Å². The Labute approximate surface area is 213 Å². The molecule has 0 saturated carbocycles. The van der Waals surface area contributed by atoms with Gasteiger partial charge in [0.2, 0.25) is 5.78 Å². The number of imidazole rings is 1. The third kappa shape index (κ3) is 7.33. The molecule has 8 heteroatoms. The van der Waals surface area contributed by atoms with E-state index in [1.165, 1.54) is 6.08 Å². The molecular weight excluding hydrogens is 450 g/mol. The molecule has 8 nitrogen and oxygen atoms in total. The molecule has 1 aromatic heterocycles. The summed E-state index contributed by atoms with van der Waals surface area (Å²) in [6.07, 6.45) is 9.66. The van der Waals surface area contributed by atoms with E-state index in [0.717, 1.165) is 42.3 Å². The molecular formula is C28H35N7O. The van der Waals surface area contributed by atoms with Crippen molar-refractivity contribution in [2.24, 2.45) is 10.7 Å². The molecule has 0 atom stereocenters. The molecule has 1 heterocycles. The number of aliphatic imine (C=N–C) groups is 1. The molecule has 0 saturated heterocycles. The monoisotopic (exact) mass is 485 g/mol. The van der Waals surface area contributed by atoms with Gasteiger partial charge in [-0.1, -0.05) is 13.8 Å². The second-order valence-corrected chi connectivity index (χ2v) is 8.21. The first-order valence-corrected chi connectivity index (χ1v) is 12.1. The summed E-state index contributed by atoms with van der Waals surface area (Å²) in [5.74, 6) is -0.180. The van der Waals surface area contributed by atoms with Crippen molar-refractivity contribution in [3.05, 3.63) is 90.8 Å². The summed E-state index contributed by atoms with van der Waals surface area (Å²) in [6, 6.07) is 15.7. The first-order chi connectivity index (χ1) is 17.5. The summed E-state index contributed by atoms with van der Waals surface area (Å²) in [7, 11) is 3.97. The number of allylic oxidation sites excluding steroid dienone is 2. The Hall–Kier alpha value is -4.33. The maximum absolute atomic E-state index is 12.5. The summed E-state index contributed by atoms with van der Waals surface area (Å²) in [5.41, 5.74) is 11.1. The summed E-state index contributed by atoms with van der Waals surface area (Å²) in [4.78, 5) is 23.2. The van der Waals surface area contributed by atoms with Crippen molar-refractivity contribution < 1.29 is 4.79 Å². The van der Waals surface area contributed by atoms with Crippen molar-refractivity contribution >= 4 is 34.2 Å². The fraction of sp³-hybridized carbons (Fsp3) is 0.250. The number of rotatable bonds is 9. The summed E-state index contributed by atoms with van der Waals surface area (Å²) < 4.78 is 2.06. The zero-order chi connectivity index (χ0) is 25.9. The minimum atomic E-state index is -0.180. The predicted molar refractivity (Wildman–Crippen MR) is 150 cm³/mol. The lowest BCUT2D eigenvalue weighted by Gasteiger charge is -2.15. The van der Waals surface area contributed by atoms with E-state index < -0.39 is 0 Å². The van der Waals surface area contributed by atoms with Crippen molar-refractivity contribution in [2.75, 3.05) is 36.2 Å². The van der Waals surface area contributed by atoms with E-state index in [4.69, 9.17) is 5.73 Å². The number of carbonyl (C=O) groups excluding carboxylic acids is 1. The van der Waals surface area contributed by atoms with Crippen LogP contribution in [0.25, 0.3) is 0 Å². The van der Waals surface area contributed by atoms with Gasteiger partial charge in [-0.3, -0.25) is 4.79 Å². The molecule has 188 valence electrons. The van der Waals surface area contributed by atoms with Gasteiger partial charge < -0.3 is 25.8 Å². The fourth-order valence-electron chi connectivity index (χ4n) is 3.48. The number of anilines is 3. The van der Waals surface area contributed by atoms with Crippen LogP contribution in [0.1, 0.15) is 20.3 Å². The number of ketones is 1. The highest BCUT2D eigenvalue weighted by Crippen LogP contribution is 2.22. The third-order valence-electron chi connectivity index (χ3n) is 5.39. The maximum atomic E-state index is 12.5. The Balaban J connectivity index is 0.00000176. The molecule has 2 aromatic carbocycles. The molecule has 4 rings (SSSR count). The normalized spacial score (nSPS) is 13.9. The molecule has 1 aliphatic rings. The molecule has 3 aromatic rings. The Morgan fingerprint density at radius 3 is 2.33 bits per heavy atom. The van der Waals surface area contributed by atoms with Gasteiger partial charge in [-0.15, -0.1) is 0 Å². The van der Waals surface area contributed by atoms with Crippen LogP contribution < -0.4 is 21.3 Å². The number of benzene rings is 2. The van der Waals surface area contributed by atoms with Crippen LogP contribution in [0.3, 0.4) is 0 Å². The van der Waals surface area contributed by atoms with Crippen LogP contribution in [-0.4, -0.2) is 41.7 Å². The lowest BCUT2D eigenvalue weighted by atomic mass is 10.1. The average Bonchev–Trinajstić information content (AvgIpc) is 3.41. The van der Waals surface area contributed by atoms with Crippen LogP contribution in [0.5, 0.6) is 0 Å². The molecule has 0 spiro atoms. The zero-order valence-electron chi connectivity index (χ0n) is 21.4. The van der Waals surface area contributed by atoms with Gasteiger partial charge in [0.15, 0.2) is 0 Å². The first-order valence-electron chi connectivity index (χ1n) is 12.1. The molecule has 4 N–H and O–H groups in total. The van der Waals surface area contributed by atoms with Crippen molar-refractivity contribution in [1.29, 1.82) is 0 Å². The molecule has 0 fully saturated rings. The van der Waals surface area contributed by atoms with Crippen LogP contribution in [0.2, 0.25) is 0 Å². The topological polar surface area (TPSA) is 101 Å². The lowest BCUT2D eigenvalue weighted by molar-refractivity contribution is -0.111. The van der Waals surface area contributed by atoms with E-state index >= 15 is 0 Å². The number of nitrogens with zero attached hydrogens (tertiary/aromatic N) is 4. The second-order valence-electron chi connectivity index (χ2n) is 8.21. The summed E-state index contributed by atoms with van der Waals surface area (Å²) >= 11 is 0. The Bertz CT molecular complexity index is 1210. The number of hydrogen-bond donors (Lipinski definition) is 3. The average molecular weight is 486 g/mol. The molecule has 0 radical (unpaired) electrons. The predicted octanol–water partition coefficient (Wildman–Crippen LogP) is 4.97. The minimum Gasteiger partial charge on any atom is -0.397 e. The van der Waals surface area contributed by atoms with Gasteiger partial charge in [-0.25, -0.2) is 9.98 Å². The fourth-order valence-corrected chi connectivity index (χ4v) is 3.48. The number of carbonyl (C=O) groups is 1. The Kier molecular flexibility index (Phi) is 9.45. The van der Waals surface area contributed by atoms with Gasteiger partial charge in [-0.05, 0) is 61.0 Å². The van der Waals surface area contributed by atoms with Crippen molar-refractivity contribution in [2.45, 2.75) is 26.8 Å². The minimum absolute atomic E-state index is 0.180. The van der Waals surface area contributed by atoms with E-state index in [1.54, 1.807) is 12.3 Å². The number of nitrogens with two attached hydrogens (primary N) is 1. The van der Waals surface area contributed by atoms with Crippen LogP contribution in [0, 0.1) is 0 Å². The van der Waals surface area contributed by atoms with Gasteiger partial charge in [0.25, 0.3) is 0 Å². The molecule has 1 aliphatic carbocycles. The van der Waals surface area contributed by atoms with Crippen LogP contribution in [0.15, 0.2) is 95.8 Å². The van der Waals surface area contributed by atoms with Crippen LogP contribution in [0.4, 0.5) is 22.7 Å².